The summed E-state index contributed by atoms with van der Waals surface area (Å²) in [6.07, 6.45) is 1.53. The van der Waals surface area contributed by atoms with Crippen LogP contribution in [0.5, 0.6) is 11.5 Å². The van der Waals surface area contributed by atoms with E-state index in [1.165, 1.54) is 25.5 Å². The van der Waals surface area contributed by atoms with Gasteiger partial charge in [-0.2, -0.15) is 0 Å². The highest BCUT2D eigenvalue weighted by atomic mass is 16.5. The van der Waals surface area contributed by atoms with Gasteiger partial charge in [0.1, 0.15) is 17.1 Å². The minimum absolute atomic E-state index is 0.0736. The van der Waals surface area contributed by atoms with Gasteiger partial charge in [0.05, 0.1) is 12.8 Å². The van der Waals surface area contributed by atoms with E-state index in [1.807, 2.05) is 30.3 Å². The molecule has 3 rings (SSSR count). The largest absolute Gasteiger partial charge is 0.507 e. The molecule has 24 heavy (non-hydrogen) atoms. The molecule has 0 fully saturated rings. The molecule has 2 N–H and O–H groups in total. The number of nitrogens with zero attached hydrogens (tertiary/aromatic N) is 1. The van der Waals surface area contributed by atoms with Gasteiger partial charge in [0.25, 0.3) is 0 Å². The first-order chi connectivity index (χ1) is 11.6. The minimum Gasteiger partial charge on any atom is -0.507 e. The molecule has 0 radical (unpaired) electrons. The van der Waals surface area contributed by atoms with E-state index in [4.69, 9.17) is 0 Å². The van der Waals surface area contributed by atoms with Gasteiger partial charge in [-0.05, 0) is 29.0 Å². The standard InChI is InChI=1S/C19H15NO4/c1-24-19(23)15-8-7-13(10-18(15)22)20-11-16-14-5-3-2-4-12(14)6-9-17(16)21/h2-11,21-22H,1H3. The van der Waals surface area contributed by atoms with E-state index in [0.717, 1.165) is 10.8 Å². The summed E-state index contributed by atoms with van der Waals surface area (Å²) in [5.41, 5.74) is 1.11. The lowest BCUT2D eigenvalue weighted by molar-refractivity contribution is 0.0597. The van der Waals surface area contributed by atoms with E-state index in [9.17, 15) is 15.0 Å². The number of carbonyl (C=O) groups is 1. The first-order valence-electron chi connectivity index (χ1n) is 7.26. The summed E-state index contributed by atoms with van der Waals surface area (Å²) in [5, 5.41) is 21.8. The molecule has 0 aliphatic carbocycles. The Hall–Kier alpha value is -3.34. The lowest BCUT2D eigenvalue weighted by atomic mass is 10.0. The zero-order chi connectivity index (χ0) is 17.1. The van der Waals surface area contributed by atoms with E-state index >= 15 is 0 Å². The highest BCUT2D eigenvalue weighted by Crippen LogP contribution is 2.28. The summed E-state index contributed by atoms with van der Waals surface area (Å²) in [6, 6.07) is 15.5. The third-order valence-corrected chi connectivity index (χ3v) is 3.68. The van der Waals surface area contributed by atoms with Crippen molar-refractivity contribution in [2.75, 3.05) is 7.11 Å². The first kappa shape index (κ1) is 15.6. The number of phenolic OH excluding ortho intramolecular Hbond substituents is 2. The van der Waals surface area contributed by atoms with Crippen molar-refractivity contribution in [3.63, 3.8) is 0 Å². The third kappa shape index (κ3) is 2.92. The van der Waals surface area contributed by atoms with Crippen LogP contribution in [0.15, 0.2) is 59.6 Å². The minimum atomic E-state index is -0.616. The van der Waals surface area contributed by atoms with Gasteiger partial charge in [-0.3, -0.25) is 4.99 Å². The van der Waals surface area contributed by atoms with Crippen LogP contribution in [0, 0.1) is 0 Å². The second-order valence-corrected chi connectivity index (χ2v) is 5.17. The molecular formula is C19H15NO4. The number of benzene rings is 3. The van der Waals surface area contributed by atoms with Crippen LogP contribution in [0.3, 0.4) is 0 Å². The van der Waals surface area contributed by atoms with Gasteiger partial charge in [-0.25, -0.2) is 4.79 Å². The Kier molecular flexibility index (Phi) is 4.16. The number of methoxy groups -OCH3 is 1. The van der Waals surface area contributed by atoms with Crippen LogP contribution >= 0.6 is 0 Å². The van der Waals surface area contributed by atoms with E-state index in [2.05, 4.69) is 9.73 Å². The maximum Gasteiger partial charge on any atom is 0.341 e. The molecule has 5 nitrogen and oxygen atoms in total. The number of hydrogen-bond acceptors (Lipinski definition) is 5. The van der Waals surface area contributed by atoms with Crippen LogP contribution in [0.25, 0.3) is 10.8 Å². The normalized spacial score (nSPS) is 11.0. The molecule has 0 unspecified atom stereocenters. The van der Waals surface area contributed by atoms with Crippen molar-refractivity contribution in [2.45, 2.75) is 0 Å². The fourth-order valence-corrected chi connectivity index (χ4v) is 2.44. The average molecular weight is 321 g/mol. The number of carbonyl (C=O) groups excluding carboxylic acids is 1. The van der Waals surface area contributed by atoms with Gasteiger partial charge >= 0.3 is 5.97 Å². The van der Waals surface area contributed by atoms with Crippen LogP contribution in [-0.2, 0) is 4.74 Å². The maximum absolute atomic E-state index is 11.5. The zero-order valence-corrected chi connectivity index (χ0v) is 12.9. The molecule has 3 aromatic rings. The number of ether oxygens (including phenoxy) is 1. The van der Waals surface area contributed by atoms with Crippen molar-refractivity contribution in [3.8, 4) is 11.5 Å². The molecule has 5 heteroatoms. The summed E-state index contributed by atoms with van der Waals surface area (Å²) in [5.74, 6) is -0.707. The van der Waals surface area contributed by atoms with Gasteiger partial charge in [0.2, 0.25) is 0 Å². The van der Waals surface area contributed by atoms with Gasteiger partial charge in [0.15, 0.2) is 0 Å². The molecule has 0 aromatic heterocycles. The van der Waals surface area contributed by atoms with Crippen LogP contribution in [0.4, 0.5) is 5.69 Å². The van der Waals surface area contributed by atoms with Crippen molar-refractivity contribution in [3.05, 3.63) is 65.7 Å². The smallest absolute Gasteiger partial charge is 0.341 e. The van der Waals surface area contributed by atoms with Gasteiger partial charge < -0.3 is 14.9 Å². The Morgan fingerprint density at radius 2 is 1.83 bits per heavy atom. The number of esters is 1. The SMILES string of the molecule is COC(=O)c1ccc(N=Cc2c(O)ccc3ccccc23)cc1O. The molecule has 3 aromatic carbocycles. The monoisotopic (exact) mass is 321 g/mol. The molecule has 0 saturated heterocycles. The number of fused-ring (bicyclic) bond motifs is 1. The summed E-state index contributed by atoms with van der Waals surface area (Å²) >= 11 is 0. The fraction of sp³-hybridized carbons (Fsp3) is 0.0526. The number of phenols is 2. The van der Waals surface area contributed by atoms with Gasteiger partial charge in [0, 0.05) is 17.8 Å². The van der Waals surface area contributed by atoms with Crippen LogP contribution in [-0.4, -0.2) is 29.5 Å². The Morgan fingerprint density at radius 3 is 2.58 bits per heavy atom. The Morgan fingerprint density at radius 1 is 1.04 bits per heavy atom. The maximum atomic E-state index is 11.5. The highest BCUT2D eigenvalue weighted by Gasteiger charge is 2.11. The molecule has 0 saturated carbocycles. The molecule has 0 bridgehead atoms. The number of hydrogen-bond donors (Lipinski definition) is 2. The first-order valence-corrected chi connectivity index (χ1v) is 7.26. The number of aromatic hydroxyl groups is 2. The zero-order valence-electron chi connectivity index (χ0n) is 12.9. The van der Waals surface area contributed by atoms with Crippen molar-refractivity contribution in [1.29, 1.82) is 0 Å². The van der Waals surface area contributed by atoms with E-state index in [-0.39, 0.29) is 17.1 Å². The third-order valence-electron chi connectivity index (χ3n) is 3.68. The Bertz CT molecular complexity index is 947. The molecule has 0 heterocycles. The Balaban J connectivity index is 1.99. The molecule has 0 amide bonds. The van der Waals surface area contributed by atoms with Crippen LogP contribution < -0.4 is 0 Å². The van der Waals surface area contributed by atoms with Crippen molar-refractivity contribution < 1.29 is 19.7 Å². The highest BCUT2D eigenvalue weighted by molar-refractivity contribution is 6.03. The molecule has 120 valence electrons. The number of aliphatic imine (C=N–C) groups is 1. The van der Waals surface area contributed by atoms with E-state index in [0.29, 0.717) is 11.3 Å². The molecule has 0 atom stereocenters. The summed E-state index contributed by atoms with van der Waals surface area (Å²) in [7, 11) is 1.25. The molecule has 0 spiro atoms. The molecular weight excluding hydrogens is 306 g/mol. The van der Waals surface area contributed by atoms with Gasteiger partial charge in [-0.15, -0.1) is 0 Å². The van der Waals surface area contributed by atoms with Crippen molar-refractivity contribution >= 4 is 28.6 Å². The fourth-order valence-electron chi connectivity index (χ4n) is 2.44. The van der Waals surface area contributed by atoms with Crippen molar-refractivity contribution in [1.82, 2.24) is 0 Å². The predicted molar refractivity (Wildman–Crippen MR) is 92.3 cm³/mol. The van der Waals surface area contributed by atoms with E-state index in [1.54, 1.807) is 12.1 Å². The second-order valence-electron chi connectivity index (χ2n) is 5.17. The summed E-state index contributed by atoms with van der Waals surface area (Å²) in [6.45, 7) is 0. The second kappa shape index (κ2) is 6.42. The molecule has 0 aliphatic rings. The van der Waals surface area contributed by atoms with Crippen LogP contribution in [0.2, 0.25) is 0 Å². The summed E-state index contributed by atoms with van der Waals surface area (Å²) < 4.78 is 4.58. The Labute approximate surface area is 138 Å². The lowest BCUT2D eigenvalue weighted by Crippen LogP contribution is -2.00. The van der Waals surface area contributed by atoms with Gasteiger partial charge in [-0.1, -0.05) is 30.3 Å². The summed E-state index contributed by atoms with van der Waals surface area (Å²) in [4.78, 5) is 15.7. The van der Waals surface area contributed by atoms with Crippen LogP contribution in [0.1, 0.15) is 15.9 Å². The average Bonchev–Trinajstić information content (AvgIpc) is 2.60. The van der Waals surface area contributed by atoms with Crippen molar-refractivity contribution in [2.24, 2.45) is 4.99 Å². The predicted octanol–water partition coefficient (Wildman–Crippen LogP) is 3.79. The topological polar surface area (TPSA) is 79.1 Å². The quantitative estimate of drug-likeness (QED) is 0.568. The lowest BCUT2D eigenvalue weighted by Gasteiger charge is -2.05. The van der Waals surface area contributed by atoms with E-state index < -0.39 is 5.97 Å². The molecule has 0 aliphatic heterocycles. The number of rotatable bonds is 3.